The molecule has 2 nitrogen and oxygen atoms in total. The van der Waals surface area contributed by atoms with Gasteiger partial charge in [-0.1, -0.05) is 26.0 Å². The summed E-state index contributed by atoms with van der Waals surface area (Å²) in [4.78, 5) is 9.02. The Bertz CT molecular complexity index is 1050. The van der Waals surface area contributed by atoms with Crippen LogP contribution in [-0.2, 0) is 20.1 Å². The summed E-state index contributed by atoms with van der Waals surface area (Å²) in [6.07, 6.45) is 3.82. The van der Waals surface area contributed by atoms with E-state index in [9.17, 15) is 0 Å². The van der Waals surface area contributed by atoms with Crippen LogP contribution in [0.4, 0.5) is 0 Å². The second kappa shape index (κ2) is 6.43. The molecule has 0 unspecified atom stereocenters. The van der Waals surface area contributed by atoms with Crippen molar-refractivity contribution < 1.29 is 20.1 Å². The fraction of sp³-hybridized carbons (Fsp3) is 0.143. The standard InChI is InChI=1S/C21H17N2.Ir/c1-13-4-5-16(10-14(13)2)21-19-7-6-17-12-23-15(3)11-20(17)18(19)8-9-22-21;/h4,6-12H,1-3H3;/q-1;. The van der Waals surface area contributed by atoms with Crippen molar-refractivity contribution in [3.8, 4) is 11.3 Å². The van der Waals surface area contributed by atoms with E-state index in [1.54, 1.807) is 0 Å². The van der Waals surface area contributed by atoms with E-state index in [0.717, 1.165) is 27.7 Å². The Morgan fingerprint density at radius 2 is 1.67 bits per heavy atom. The van der Waals surface area contributed by atoms with Gasteiger partial charge in [0.1, 0.15) is 0 Å². The van der Waals surface area contributed by atoms with E-state index < -0.39 is 0 Å². The molecule has 0 bridgehead atoms. The van der Waals surface area contributed by atoms with Crippen LogP contribution in [0.1, 0.15) is 16.8 Å². The van der Waals surface area contributed by atoms with Crippen molar-refractivity contribution in [3.63, 3.8) is 0 Å². The smallest absolute Gasteiger partial charge is 0.0379 e. The molecule has 3 heteroatoms. The zero-order valence-electron chi connectivity index (χ0n) is 13.8. The van der Waals surface area contributed by atoms with Crippen LogP contribution in [0.2, 0.25) is 0 Å². The fourth-order valence-electron chi connectivity index (χ4n) is 3.01. The van der Waals surface area contributed by atoms with Gasteiger partial charge in [0.2, 0.25) is 0 Å². The Hall–Kier alpha value is -2.09. The van der Waals surface area contributed by atoms with Crippen LogP contribution in [0, 0.1) is 26.8 Å². The molecule has 0 amide bonds. The average molecular weight is 490 g/mol. The molecule has 24 heavy (non-hydrogen) atoms. The molecule has 121 valence electrons. The number of hydrogen-bond donors (Lipinski definition) is 0. The number of nitrogens with zero attached hydrogens (tertiary/aromatic N) is 2. The summed E-state index contributed by atoms with van der Waals surface area (Å²) in [7, 11) is 0. The van der Waals surface area contributed by atoms with Crippen molar-refractivity contribution in [3.05, 3.63) is 71.7 Å². The molecular weight excluding hydrogens is 472 g/mol. The molecule has 0 saturated carbocycles. The molecule has 0 saturated heterocycles. The number of aryl methyl sites for hydroxylation is 3. The molecule has 0 spiro atoms. The van der Waals surface area contributed by atoms with Gasteiger partial charge >= 0.3 is 0 Å². The first-order chi connectivity index (χ1) is 11.1. The van der Waals surface area contributed by atoms with Crippen molar-refractivity contribution >= 4 is 21.5 Å². The molecule has 0 aliphatic heterocycles. The Morgan fingerprint density at radius 1 is 0.833 bits per heavy atom. The largest absolute Gasteiger partial charge is 0.304 e. The van der Waals surface area contributed by atoms with Gasteiger partial charge in [0.25, 0.3) is 0 Å². The topological polar surface area (TPSA) is 25.8 Å². The Morgan fingerprint density at radius 3 is 2.46 bits per heavy atom. The normalized spacial score (nSPS) is 10.8. The van der Waals surface area contributed by atoms with Gasteiger partial charge in [-0.25, -0.2) is 0 Å². The third-order valence-corrected chi connectivity index (χ3v) is 4.46. The van der Waals surface area contributed by atoms with Crippen LogP contribution in [-0.4, -0.2) is 9.97 Å². The van der Waals surface area contributed by atoms with E-state index in [-0.39, 0.29) is 20.1 Å². The van der Waals surface area contributed by atoms with Crippen molar-refractivity contribution in [2.45, 2.75) is 20.8 Å². The molecule has 0 aliphatic carbocycles. The molecule has 2 aromatic heterocycles. The van der Waals surface area contributed by atoms with Crippen LogP contribution in [0.15, 0.2) is 48.8 Å². The quantitative estimate of drug-likeness (QED) is 0.272. The average Bonchev–Trinajstić information content (AvgIpc) is 2.56. The fourth-order valence-corrected chi connectivity index (χ4v) is 3.01. The predicted octanol–water partition coefficient (Wildman–Crippen LogP) is 5.17. The summed E-state index contributed by atoms with van der Waals surface area (Å²) < 4.78 is 0. The van der Waals surface area contributed by atoms with Crippen LogP contribution in [0.25, 0.3) is 32.8 Å². The van der Waals surface area contributed by atoms with E-state index in [1.165, 1.54) is 21.9 Å². The zero-order valence-corrected chi connectivity index (χ0v) is 16.2. The van der Waals surface area contributed by atoms with Crippen molar-refractivity contribution in [1.82, 2.24) is 9.97 Å². The van der Waals surface area contributed by atoms with Crippen LogP contribution in [0.3, 0.4) is 0 Å². The summed E-state index contributed by atoms with van der Waals surface area (Å²) >= 11 is 0. The molecule has 4 aromatic rings. The second-order valence-electron chi connectivity index (χ2n) is 6.08. The van der Waals surface area contributed by atoms with Gasteiger partial charge < -0.3 is 4.98 Å². The predicted molar refractivity (Wildman–Crippen MR) is 95.5 cm³/mol. The van der Waals surface area contributed by atoms with Gasteiger partial charge in [0, 0.05) is 43.6 Å². The van der Waals surface area contributed by atoms with Crippen molar-refractivity contribution in [2.75, 3.05) is 0 Å². The van der Waals surface area contributed by atoms with E-state index in [2.05, 4.69) is 60.2 Å². The SMILES string of the molecule is Cc1cc2c(ccc3c(-c4[c-]cc(C)c(C)c4)nccc32)cn1.[Ir]. The van der Waals surface area contributed by atoms with Gasteiger partial charge in [-0.2, -0.15) is 0 Å². The molecule has 2 aromatic carbocycles. The number of pyridine rings is 2. The number of rotatable bonds is 1. The van der Waals surface area contributed by atoms with Gasteiger partial charge in [0.15, 0.2) is 0 Å². The zero-order chi connectivity index (χ0) is 16.0. The van der Waals surface area contributed by atoms with Crippen molar-refractivity contribution in [1.29, 1.82) is 0 Å². The first kappa shape index (κ1) is 16.8. The molecule has 0 atom stereocenters. The van der Waals surface area contributed by atoms with Gasteiger partial charge in [-0.05, 0) is 40.9 Å². The maximum absolute atomic E-state index is 4.63. The molecule has 0 aliphatic rings. The minimum Gasteiger partial charge on any atom is -0.304 e. The monoisotopic (exact) mass is 490 g/mol. The molecule has 2 heterocycles. The first-order valence-corrected chi connectivity index (χ1v) is 7.77. The maximum Gasteiger partial charge on any atom is 0.0379 e. The molecular formula is C21H17IrN2-. The maximum atomic E-state index is 4.63. The summed E-state index contributed by atoms with van der Waals surface area (Å²) in [5.41, 5.74) is 5.58. The number of benzene rings is 2. The number of hydrogen-bond acceptors (Lipinski definition) is 2. The van der Waals surface area contributed by atoms with E-state index in [1.807, 2.05) is 25.4 Å². The third-order valence-electron chi connectivity index (χ3n) is 4.46. The van der Waals surface area contributed by atoms with Gasteiger partial charge in [0.05, 0.1) is 0 Å². The Labute approximate surface area is 155 Å². The van der Waals surface area contributed by atoms with Gasteiger partial charge in [-0.15, -0.1) is 34.9 Å². The summed E-state index contributed by atoms with van der Waals surface area (Å²) in [5.74, 6) is 0. The van der Waals surface area contributed by atoms with Crippen LogP contribution in [0.5, 0.6) is 0 Å². The molecule has 0 N–H and O–H groups in total. The van der Waals surface area contributed by atoms with E-state index in [0.29, 0.717) is 0 Å². The molecule has 4 rings (SSSR count). The molecule has 0 fully saturated rings. The number of fused-ring (bicyclic) bond motifs is 3. The van der Waals surface area contributed by atoms with Crippen LogP contribution < -0.4 is 0 Å². The second-order valence-corrected chi connectivity index (χ2v) is 6.08. The summed E-state index contributed by atoms with van der Waals surface area (Å²) in [5, 5.41) is 4.75. The summed E-state index contributed by atoms with van der Waals surface area (Å²) in [6.45, 7) is 6.26. The molecule has 1 radical (unpaired) electrons. The number of aromatic nitrogens is 2. The minimum atomic E-state index is 0. The summed E-state index contributed by atoms with van der Waals surface area (Å²) in [6, 6.07) is 16.1. The minimum absolute atomic E-state index is 0. The first-order valence-electron chi connectivity index (χ1n) is 7.77. The Balaban J connectivity index is 0.00000169. The van der Waals surface area contributed by atoms with E-state index >= 15 is 0 Å². The third kappa shape index (κ3) is 2.75. The Kier molecular flexibility index (Phi) is 4.49. The van der Waals surface area contributed by atoms with Gasteiger partial charge in [-0.3, -0.25) is 4.98 Å². The van der Waals surface area contributed by atoms with E-state index in [4.69, 9.17) is 0 Å². The van der Waals surface area contributed by atoms with Crippen molar-refractivity contribution in [2.24, 2.45) is 0 Å². The van der Waals surface area contributed by atoms with Crippen LogP contribution >= 0.6 is 0 Å².